The molecular formula is C15H17N3O4. The molecule has 7 nitrogen and oxygen atoms in total. The second-order valence-electron chi connectivity index (χ2n) is 4.55. The Labute approximate surface area is 127 Å². The molecule has 1 amide bonds. The van der Waals surface area contributed by atoms with E-state index in [4.69, 9.17) is 16.7 Å². The summed E-state index contributed by atoms with van der Waals surface area (Å²) in [5.74, 6) is -2.96. The van der Waals surface area contributed by atoms with Crippen molar-refractivity contribution in [3.63, 3.8) is 0 Å². The standard InChI is InChI=1S/C15H17N3O4/c1-22-15(21)11(8-16)13(17)10(14(18)20)7-12(19)9-5-3-2-4-6-9/h2-6,10,12,19H,7,17H2,1H3,(H2,18,20)/b13-11-. The number of benzene rings is 1. The highest BCUT2D eigenvalue weighted by molar-refractivity contribution is 5.95. The predicted molar refractivity (Wildman–Crippen MR) is 77.5 cm³/mol. The van der Waals surface area contributed by atoms with Crippen molar-refractivity contribution in [2.45, 2.75) is 12.5 Å². The summed E-state index contributed by atoms with van der Waals surface area (Å²) in [6.45, 7) is 0. The SMILES string of the molecule is COC(=O)/C(C#N)=C(\N)C(CC(O)c1ccccc1)C(N)=O. The molecule has 1 aromatic carbocycles. The Morgan fingerprint density at radius 1 is 1.32 bits per heavy atom. The molecule has 0 aliphatic carbocycles. The fourth-order valence-corrected chi connectivity index (χ4v) is 1.94. The first-order chi connectivity index (χ1) is 10.4. The van der Waals surface area contributed by atoms with E-state index in [2.05, 4.69) is 4.74 Å². The minimum absolute atomic E-state index is 0.145. The summed E-state index contributed by atoms with van der Waals surface area (Å²) < 4.78 is 4.43. The van der Waals surface area contributed by atoms with Gasteiger partial charge in [0.15, 0.2) is 5.57 Å². The first kappa shape index (κ1) is 17.2. The second-order valence-corrected chi connectivity index (χ2v) is 4.55. The number of aliphatic hydroxyl groups is 1. The normalized spacial score (nSPS) is 14.2. The lowest BCUT2D eigenvalue weighted by Gasteiger charge is -2.19. The number of aliphatic hydroxyl groups excluding tert-OH is 1. The van der Waals surface area contributed by atoms with Crippen molar-refractivity contribution in [3.8, 4) is 6.07 Å². The Morgan fingerprint density at radius 2 is 1.91 bits per heavy atom. The van der Waals surface area contributed by atoms with Crippen molar-refractivity contribution in [3.05, 3.63) is 47.2 Å². The van der Waals surface area contributed by atoms with Gasteiger partial charge in [0.1, 0.15) is 6.07 Å². The lowest BCUT2D eigenvalue weighted by atomic mass is 9.91. The molecule has 0 fully saturated rings. The van der Waals surface area contributed by atoms with Gasteiger partial charge in [0.25, 0.3) is 0 Å². The Hall–Kier alpha value is -2.85. The van der Waals surface area contributed by atoms with Gasteiger partial charge in [-0.3, -0.25) is 4.79 Å². The third-order valence-corrected chi connectivity index (χ3v) is 3.15. The second kappa shape index (κ2) is 7.81. The van der Waals surface area contributed by atoms with E-state index in [0.29, 0.717) is 5.56 Å². The first-order valence-electron chi connectivity index (χ1n) is 6.42. The van der Waals surface area contributed by atoms with Crippen molar-refractivity contribution >= 4 is 11.9 Å². The average Bonchev–Trinajstić information content (AvgIpc) is 2.53. The van der Waals surface area contributed by atoms with Crippen LogP contribution in [0.3, 0.4) is 0 Å². The zero-order valence-electron chi connectivity index (χ0n) is 12.0. The van der Waals surface area contributed by atoms with Crippen molar-refractivity contribution in [1.29, 1.82) is 5.26 Å². The highest BCUT2D eigenvalue weighted by Crippen LogP contribution is 2.25. The monoisotopic (exact) mass is 303 g/mol. The number of hydrogen-bond acceptors (Lipinski definition) is 6. The summed E-state index contributed by atoms with van der Waals surface area (Å²) in [4.78, 5) is 23.0. The van der Waals surface area contributed by atoms with Gasteiger partial charge in [-0.25, -0.2) is 4.79 Å². The van der Waals surface area contributed by atoms with Crippen molar-refractivity contribution in [2.75, 3.05) is 7.11 Å². The Bertz CT molecular complexity index is 619. The molecule has 0 aromatic heterocycles. The van der Waals surface area contributed by atoms with Crippen molar-refractivity contribution in [2.24, 2.45) is 17.4 Å². The van der Waals surface area contributed by atoms with Gasteiger partial charge in [-0.1, -0.05) is 30.3 Å². The zero-order chi connectivity index (χ0) is 16.7. The molecule has 2 atom stereocenters. The first-order valence-corrected chi connectivity index (χ1v) is 6.42. The number of methoxy groups -OCH3 is 1. The van der Waals surface area contributed by atoms with Crippen LogP contribution in [0.1, 0.15) is 18.1 Å². The summed E-state index contributed by atoms with van der Waals surface area (Å²) in [7, 11) is 1.09. The molecule has 1 rings (SSSR count). The molecule has 116 valence electrons. The topological polar surface area (TPSA) is 139 Å². The fraction of sp³-hybridized carbons (Fsp3) is 0.267. The largest absolute Gasteiger partial charge is 0.465 e. The molecule has 0 spiro atoms. The van der Waals surface area contributed by atoms with Gasteiger partial charge in [0.2, 0.25) is 5.91 Å². The van der Waals surface area contributed by atoms with Crippen LogP contribution in [-0.2, 0) is 14.3 Å². The van der Waals surface area contributed by atoms with Crippen LogP contribution in [0.25, 0.3) is 0 Å². The molecule has 2 unspecified atom stereocenters. The number of ether oxygens (including phenoxy) is 1. The molecule has 0 radical (unpaired) electrons. The van der Waals surface area contributed by atoms with Crippen LogP contribution >= 0.6 is 0 Å². The van der Waals surface area contributed by atoms with Crippen LogP contribution in [0.15, 0.2) is 41.6 Å². The summed E-state index contributed by atoms with van der Waals surface area (Å²) >= 11 is 0. The zero-order valence-corrected chi connectivity index (χ0v) is 12.0. The number of carbonyl (C=O) groups excluding carboxylic acids is 2. The minimum Gasteiger partial charge on any atom is -0.465 e. The number of nitrogens with zero attached hydrogens (tertiary/aromatic N) is 1. The van der Waals surface area contributed by atoms with Crippen molar-refractivity contribution in [1.82, 2.24) is 0 Å². The maximum absolute atomic E-state index is 11.6. The maximum atomic E-state index is 11.6. The smallest absolute Gasteiger partial charge is 0.350 e. The maximum Gasteiger partial charge on any atom is 0.350 e. The van der Waals surface area contributed by atoms with E-state index in [9.17, 15) is 14.7 Å². The Balaban J connectivity index is 3.09. The van der Waals surface area contributed by atoms with Gasteiger partial charge in [0, 0.05) is 5.70 Å². The van der Waals surface area contributed by atoms with E-state index in [-0.39, 0.29) is 12.1 Å². The van der Waals surface area contributed by atoms with E-state index in [1.54, 1.807) is 36.4 Å². The van der Waals surface area contributed by atoms with Gasteiger partial charge < -0.3 is 21.3 Å². The molecule has 0 saturated heterocycles. The van der Waals surface area contributed by atoms with Gasteiger partial charge in [-0.05, 0) is 12.0 Å². The summed E-state index contributed by atoms with van der Waals surface area (Å²) in [5.41, 5.74) is 10.8. The average molecular weight is 303 g/mol. The number of hydrogen-bond donors (Lipinski definition) is 3. The molecule has 1 aromatic rings. The molecule has 0 aliphatic heterocycles. The van der Waals surface area contributed by atoms with E-state index in [1.807, 2.05) is 0 Å². The third kappa shape index (κ3) is 4.07. The quantitative estimate of drug-likeness (QED) is 0.387. The van der Waals surface area contributed by atoms with Gasteiger partial charge in [0.05, 0.1) is 19.1 Å². The fourth-order valence-electron chi connectivity index (χ4n) is 1.94. The molecule has 5 N–H and O–H groups in total. The number of primary amides is 1. The number of esters is 1. The van der Waals surface area contributed by atoms with Crippen LogP contribution in [0.4, 0.5) is 0 Å². The van der Waals surface area contributed by atoms with Crippen molar-refractivity contribution < 1.29 is 19.4 Å². The number of nitriles is 1. The number of carbonyl (C=O) groups is 2. The van der Waals surface area contributed by atoms with Gasteiger partial charge in [-0.15, -0.1) is 0 Å². The molecule has 22 heavy (non-hydrogen) atoms. The molecule has 7 heteroatoms. The number of rotatable bonds is 6. The summed E-state index contributed by atoms with van der Waals surface area (Å²) in [6.07, 6.45) is -1.16. The van der Waals surface area contributed by atoms with E-state index < -0.39 is 29.5 Å². The Kier molecular flexibility index (Phi) is 6.10. The van der Waals surface area contributed by atoms with E-state index in [0.717, 1.165) is 7.11 Å². The molecular weight excluding hydrogens is 286 g/mol. The Morgan fingerprint density at radius 3 is 2.36 bits per heavy atom. The van der Waals surface area contributed by atoms with Crippen LogP contribution in [0.2, 0.25) is 0 Å². The molecule has 0 aliphatic rings. The lowest BCUT2D eigenvalue weighted by molar-refractivity contribution is -0.135. The number of amides is 1. The summed E-state index contributed by atoms with van der Waals surface area (Å²) in [5, 5.41) is 19.1. The van der Waals surface area contributed by atoms with Gasteiger partial charge >= 0.3 is 5.97 Å². The van der Waals surface area contributed by atoms with Crippen LogP contribution < -0.4 is 11.5 Å². The molecule has 0 heterocycles. The highest BCUT2D eigenvalue weighted by Gasteiger charge is 2.28. The highest BCUT2D eigenvalue weighted by atomic mass is 16.5. The number of nitrogens with two attached hydrogens (primary N) is 2. The van der Waals surface area contributed by atoms with Crippen LogP contribution in [0, 0.1) is 17.2 Å². The lowest BCUT2D eigenvalue weighted by Crippen LogP contribution is -2.31. The van der Waals surface area contributed by atoms with Crippen LogP contribution in [0.5, 0.6) is 0 Å². The summed E-state index contributed by atoms with van der Waals surface area (Å²) in [6, 6.07) is 10.2. The predicted octanol–water partition coefficient (Wildman–Crippen LogP) is 0.121. The minimum atomic E-state index is -1.16. The molecule has 0 saturated carbocycles. The molecule has 0 bridgehead atoms. The third-order valence-electron chi connectivity index (χ3n) is 3.15. The van der Waals surface area contributed by atoms with Crippen LogP contribution in [-0.4, -0.2) is 24.1 Å². The van der Waals surface area contributed by atoms with Gasteiger partial charge in [-0.2, -0.15) is 5.26 Å². The van der Waals surface area contributed by atoms with E-state index >= 15 is 0 Å². The van der Waals surface area contributed by atoms with E-state index in [1.165, 1.54) is 0 Å².